The van der Waals surface area contributed by atoms with Crippen LogP contribution < -0.4 is 5.32 Å². The van der Waals surface area contributed by atoms with Crippen LogP contribution in [0.2, 0.25) is 0 Å². The van der Waals surface area contributed by atoms with Crippen molar-refractivity contribution in [3.63, 3.8) is 0 Å². The molecule has 0 aliphatic carbocycles. The van der Waals surface area contributed by atoms with Crippen molar-refractivity contribution in [2.24, 2.45) is 0 Å². The lowest BCUT2D eigenvalue weighted by molar-refractivity contribution is -0.270. The van der Waals surface area contributed by atoms with Crippen molar-refractivity contribution >= 4 is 5.91 Å². The van der Waals surface area contributed by atoms with E-state index in [1.807, 2.05) is 0 Å². The number of piperidine rings is 1. The van der Waals surface area contributed by atoms with Gasteiger partial charge >= 0.3 is 0 Å². The molecule has 0 aromatic heterocycles. The Morgan fingerprint density at radius 1 is 1.11 bits per heavy atom. The molecule has 0 spiro atoms. The second kappa shape index (κ2) is 6.23. The van der Waals surface area contributed by atoms with E-state index in [9.17, 15) is 10.0 Å². The van der Waals surface area contributed by atoms with Crippen molar-refractivity contribution in [1.82, 2.24) is 10.4 Å². The second-order valence-corrected chi connectivity index (χ2v) is 5.98. The van der Waals surface area contributed by atoms with Crippen molar-refractivity contribution in [3.8, 4) is 0 Å². The molecule has 0 radical (unpaired) electrons. The van der Waals surface area contributed by atoms with Gasteiger partial charge in [-0.05, 0) is 38.5 Å². The van der Waals surface area contributed by atoms with E-state index >= 15 is 0 Å². The van der Waals surface area contributed by atoms with E-state index in [0.717, 1.165) is 38.5 Å². The normalized spacial score (nSPS) is 23.3. The van der Waals surface area contributed by atoms with Crippen molar-refractivity contribution in [1.29, 1.82) is 0 Å². The van der Waals surface area contributed by atoms with Crippen LogP contribution in [0.5, 0.6) is 0 Å². The summed E-state index contributed by atoms with van der Waals surface area (Å²) in [7, 11) is 0. The van der Waals surface area contributed by atoms with Gasteiger partial charge < -0.3 is 10.5 Å². The van der Waals surface area contributed by atoms with Gasteiger partial charge in [-0.1, -0.05) is 27.7 Å². The van der Waals surface area contributed by atoms with E-state index in [1.54, 1.807) is 12.0 Å². The standard InChI is InChI=1S/C15H30N2O2/c1-6-14(7-2)10-13(16-12(5)18)11-15(8-3,9-4)17(14)19/h13,19H,6-11H2,1-5H3,(H,16,18). The second-order valence-electron chi connectivity index (χ2n) is 5.98. The average Bonchev–Trinajstić information content (AvgIpc) is 2.40. The Hall–Kier alpha value is -0.610. The molecule has 1 aliphatic heterocycles. The maximum Gasteiger partial charge on any atom is 0.217 e. The molecule has 0 aromatic rings. The van der Waals surface area contributed by atoms with Crippen LogP contribution in [0.15, 0.2) is 0 Å². The lowest BCUT2D eigenvalue weighted by Gasteiger charge is -2.56. The first-order valence-electron chi connectivity index (χ1n) is 7.66. The van der Waals surface area contributed by atoms with Gasteiger partial charge in [0, 0.05) is 24.0 Å². The number of carbonyl (C=O) groups is 1. The van der Waals surface area contributed by atoms with Crippen LogP contribution in [-0.4, -0.2) is 33.3 Å². The lowest BCUT2D eigenvalue weighted by atomic mass is 9.71. The largest absolute Gasteiger partial charge is 0.353 e. The molecule has 1 rings (SSSR count). The third-order valence-electron chi connectivity index (χ3n) is 5.19. The fourth-order valence-corrected chi connectivity index (χ4v) is 3.73. The molecule has 0 unspecified atom stereocenters. The van der Waals surface area contributed by atoms with Gasteiger partial charge in [-0.25, -0.2) is 0 Å². The molecular formula is C15H30N2O2. The van der Waals surface area contributed by atoms with E-state index in [1.165, 1.54) is 0 Å². The number of rotatable bonds is 5. The first-order valence-corrected chi connectivity index (χ1v) is 7.66. The van der Waals surface area contributed by atoms with E-state index in [-0.39, 0.29) is 23.0 Å². The summed E-state index contributed by atoms with van der Waals surface area (Å²) >= 11 is 0. The minimum atomic E-state index is -0.211. The van der Waals surface area contributed by atoms with Crippen molar-refractivity contribution in [3.05, 3.63) is 0 Å². The molecular weight excluding hydrogens is 240 g/mol. The van der Waals surface area contributed by atoms with E-state index in [4.69, 9.17) is 0 Å². The number of carbonyl (C=O) groups excluding carboxylic acids is 1. The predicted octanol–water partition coefficient (Wildman–Crippen LogP) is 3.09. The maximum absolute atomic E-state index is 11.4. The summed E-state index contributed by atoms with van der Waals surface area (Å²) in [5, 5.41) is 15.5. The number of nitrogens with one attached hydrogen (secondary N) is 1. The molecule has 19 heavy (non-hydrogen) atoms. The zero-order valence-electron chi connectivity index (χ0n) is 13.1. The fourth-order valence-electron chi connectivity index (χ4n) is 3.73. The zero-order chi connectivity index (χ0) is 14.7. The van der Waals surface area contributed by atoms with Crippen molar-refractivity contribution in [2.45, 2.75) is 90.3 Å². The van der Waals surface area contributed by atoms with E-state index < -0.39 is 0 Å². The molecule has 0 saturated carbocycles. The summed E-state index contributed by atoms with van der Waals surface area (Å²) < 4.78 is 0. The summed E-state index contributed by atoms with van der Waals surface area (Å²) in [6.45, 7) is 10.1. The topological polar surface area (TPSA) is 52.6 Å². The van der Waals surface area contributed by atoms with Crippen molar-refractivity contribution < 1.29 is 10.0 Å². The van der Waals surface area contributed by atoms with Gasteiger partial charge in [0.25, 0.3) is 0 Å². The number of hydroxylamine groups is 2. The third kappa shape index (κ3) is 2.95. The Labute approximate surface area is 117 Å². The van der Waals surface area contributed by atoms with Crippen LogP contribution in [-0.2, 0) is 4.79 Å². The Morgan fingerprint density at radius 2 is 1.47 bits per heavy atom. The number of hydrogen-bond donors (Lipinski definition) is 2. The van der Waals surface area contributed by atoms with Crippen LogP contribution in [0, 0.1) is 0 Å². The lowest BCUT2D eigenvalue weighted by Crippen LogP contribution is -2.66. The molecule has 0 bridgehead atoms. The van der Waals surface area contributed by atoms with Gasteiger partial charge in [0.1, 0.15) is 0 Å². The van der Waals surface area contributed by atoms with Crippen LogP contribution in [0.4, 0.5) is 0 Å². The monoisotopic (exact) mass is 270 g/mol. The number of amides is 1. The highest BCUT2D eigenvalue weighted by molar-refractivity contribution is 5.73. The highest BCUT2D eigenvalue weighted by atomic mass is 16.5. The Kier molecular flexibility index (Phi) is 5.39. The van der Waals surface area contributed by atoms with Crippen molar-refractivity contribution in [2.75, 3.05) is 0 Å². The third-order valence-corrected chi connectivity index (χ3v) is 5.19. The Balaban J connectivity index is 3.10. The number of hydrogen-bond acceptors (Lipinski definition) is 3. The summed E-state index contributed by atoms with van der Waals surface area (Å²) in [4.78, 5) is 11.4. The van der Waals surface area contributed by atoms with Crippen LogP contribution in [0.3, 0.4) is 0 Å². The van der Waals surface area contributed by atoms with Crippen LogP contribution in [0.1, 0.15) is 73.1 Å². The smallest absolute Gasteiger partial charge is 0.217 e. The average molecular weight is 270 g/mol. The molecule has 112 valence electrons. The van der Waals surface area contributed by atoms with E-state index in [0.29, 0.717) is 0 Å². The minimum Gasteiger partial charge on any atom is -0.353 e. The molecule has 1 fully saturated rings. The fraction of sp³-hybridized carbons (Fsp3) is 0.933. The minimum absolute atomic E-state index is 0.0265. The molecule has 4 nitrogen and oxygen atoms in total. The quantitative estimate of drug-likeness (QED) is 0.807. The maximum atomic E-state index is 11.4. The number of nitrogens with zero attached hydrogens (tertiary/aromatic N) is 1. The Morgan fingerprint density at radius 3 is 1.74 bits per heavy atom. The van der Waals surface area contributed by atoms with Gasteiger partial charge in [0.15, 0.2) is 0 Å². The van der Waals surface area contributed by atoms with Gasteiger partial charge in [0.2, 0.25) is 5.91 Å². The van der Waals surface area contributed by atoms with Gasteiger partial charge in [-0.15, -0.1) is 0 Å². The SMILES string of the molecule is CCC1(CC)CC(NC(C)=O)CC(CC)(CC)N1O. The van der Waals surface area contributed by atoms with Crippen LogP contribution >= 0.6 is 0 Å². The zero-order valence-corrected chi connectivity index (χ0v) is 13.1. The van der Waals surface area contributed by atoms with Gasteiger partial charge in [-0.3, -0.25) is 4.79 Å². The molecule has 4 heteroatoms. The Bertz CT molecular complexity index is 287. The summed E-state index contributed by atoms with van der Waals surface area (Å²) in [6, 6.07) is 0.167. The molecule has 1 saturated heterocycles. The highest BCUT2D eigenvalue weighted by Crippen LogP contribution is 2.44. The first kappa shape index (κ1) is 16.4. The molecule has 2 N–H and O–H groups in total. The van der Waals surface area contributed by atoms with Gasteiger partial charge in [-0.2, -0.15) is 5.06 Å². The highest BCUT2D eigenvalue weighted by Gasteiger charge is 2.51. The molecule has 1 aliphatic rings. The molecule has 0 aromatic carbocycles. The van der Waals surface area contributed by atoms with Crippen LogP contribution in [0.25, 0.3) is 0 Å². The molecule has 1 heterocycles. The molecule has 0 atom stereocenters. The summed E-state index contributed by atoms with van der Waals surface area (Å²) in [5.41, 5.74) is -0.422. The van der Waals surface area contributed by atoms with Gasteiger partial charge in [0.05, 0.1) is 0 Å². The predicted molar refractivity (Wildman–Crippen MR) is 77.1 cm³/mol. The molecule has 1 amide bonds. The first-order chi connectivity index (χ1) is 8.89. The summed E-state index contributed by atoms with van der Waals surface area (Å²) in [6.07, 6.45) is 5.26. The van der Waals surface area contributed by atoms with E-state index in [2.05, 4.69) is 33.0 Å². The summed E-state index contributed by atoms with van der Waals surface area (Å²) in [5.74, 6) is 0.0265.